The third-order valence-corrected chi connectivity index (χ3v) is 6.55. The van der Waals surface area contributed by atoms with E-state index in [4.69, 9.17) is 9.15 Å². The minimum absolute atomic E-state index is 0.0293. The van der Waals surface area contributed by atoms with Gasteiger partial charge in [0.2, 0.25) is 0 Å². The van der Waals surface area contributed by atoms with Crippen molar-refractivity contribution < 1.29 is 19.1 Å². The number of aromatic nitrogens is 2. The number of carbonyl (C=O) groups is 1. The summed E-state index contributed by atoms with van der Waals surface area (Å²) in [4.78, 5) is 15.1. The maximum Gasteiger partial charge on any atom is 0.289 e. The number of para-hydroxylation sites is 1. The van der Waals surface area contributed by atoms with Crippen LogP contribution in [-0.2, 0) is 6.61 Å². The Morgan fingerprint density at radius 1 is 1.19 bits per heavy atom. The largest absolute Gasteiger partial charge is 0.486 e. The van der Waals surface area contributed by atoms with Crippen LogP contribution in [0.25, 0.3) is 0 Å². The quantitative estimate of drug-likeness (QED) is 0.683. The number of carbonyl (C=O) groups excluding carboxylic acids is 1. The van der Waals surface area contributed by atoms with Gasteiger partial charge in [0.25, 0.3) is 5.91 Å². The summed E-state index contributed by atoms with van der Waals surface area (Å²) in [6, 6.07) is 13.3. The molecule has 7 nitrogen and oxygen atoms in total. The van der Waals surface area contributed by atoms with Crippen molar-refractivity contribution in [3.63, 3.8) is 0 Å². The maximum absolute atomic E-state index is 13.2. The van der Waals surface area contributed by atoms with E-state index < -0.39 is 6.10 Å². The first-order chi connectivity index (χ1) is 15.1. The molecule has 2 aliphatic rings. The number of ether oxygens (including phenoxy) is 1. The molecular weight excluding hydrogens is 394 g/mol. The molecule has 1 N–H and O–H groups in total. The molecule has 7 heteroatoms. The predicted molar refractivity (Wildman–Crippen MR) is 114 cm³/mol. The summed E-state index contributed by atoms with van der Waals surface area (Å²) >= 11 is 0. The highest BCUT2D eigenvalue weighted by molar-refractivity contribution is 5.93. The van der Waals surface area contributed by atoms with E-state index in [0.29, 0.717) is 42.9 Å². The number of hydrogen-bond donors (Lipinski definition) is 1. The van der Waals surface area contributed by atoms with E-state index >= 15 is 0 Å². The molecule has 162 valence electrons. The molecule has 0 spiro atoms. The summed E-state index contributed by atoms with van der Waals surface area (Å²) in [5, 5.41) is 14.9. The fraction of sp³-hybridized carbons (Fsp3) is 0.417. The van der Waals surface area contributed by atoms with E-state index in [9.17, 15) is 9.90 Å². The Hall–Kier alpha value is -3.06. The number of amides is 1. The monoisotopic (exact) mass is 421 g/mol. The van der Waals surface area contributed by atoms with Gasteiger partial charge in [-0.25, -0.2) is 0 Å². The first-order valence-corrected chi connectivity index (χ1v) is 10.8. The molecule has 4 atom stereocenters. The molecule has 1 aliphatic heterocycles. The molecule has 1 aromatic carbocycles. The highest BCUT2D eigenvalue weighted by atomic mass is 16.5. The van der Waals surface area contributed by atoms with E-state index in [0.717, 1.165) is 17.7 Å². The van der Waals surface area contributed by atoms with E-state index in [-0.39, 0.29) is 18.6 Å². The van der Waals surface area contributed by atoms with Crippen molar-refractivity contribution in [3.05, 3.63) is 71.9 Å². The number of fused-ring (bicyclic) bond motifs is 1. The summed E-state index contributed by atoms with van der Waals surface area (Å²) in [6.07, 6.45) is 4.71. The highest BCUT2D eigenvalue weighted by Crippen LogP contribution is 2.41. The number of hydrogen-bond acceptors (Lipinski definition) is 5. The van der Waals surface area contributed by atoms with Crippen LogP contribution in [0.4, 0.5) is 0 Å². The normalized spacial score (nSPS) is 25.4. The van der Waals surface area contributed by atoms with Crippen LogP contribution in [0.2, 0.25) is 0 Å². The Kier molecular flexibility index (Phi) is 5.28. The van der Waals surface area contributed by atoms with Crippen LogP contribution in [-0.4, -0.2) is 44.9 Å². The van der Waals surface area contributed by atoms with Crippen molar-refractivity contribution in [1.29, 1.82) is 0 Å². The Morgan fingerprint density at radius 2 is 1.97 bits per heavy atom. The molecule has 1 saturated carbocycles. The second kappa shape index (κ2) is 8.23. The predicted octanol–water partition coefficient (Wildman–Crippen LogP) is 3.45. The third-order valence-electron chi connectivity index (χ3n) is 6.55. The van der Waals surface area contributed by atoms with Crippen LogP contribution in [0.5, 0.6) is 5.75 Å². The molecule has 2 aromatic heterocycles. The fourth-order valence-corrected chi connectivity index (χ4v) is 4.98. The number of aliphatic hydroxyl groups is 1. The lowest BCUT2D eigenvalue weighted by molar-refractivity contribution is 0.0306. The lowest BCUT2D eigenvalue weighted by atomic mass is 9.77. The lowest BCUT2D eigenvalue weighted by Gasteiger charge is -2.35. The summed E-state index contributed by atoms with van der Waals surface area (Å²) in [6.45, 7) is 3.51. The summed E-state index contributed by atoms with van der Waals surface area (Å²) in [5.41, 5.74) is 0.820. The van der Waals surface area contributed by atoms with E-state index in [1.807, 2.05) is 65.2 Å². The molecule has 0 unspecified atom stereocenters. The molecular formula is C24H27N3O4. The molecule has 1 amide bonds. The molecule has 1 aliphatic carbocycles. The Bertz CT molecular complexity index is 1030. The van der Waals surface area contributed by atoms with Gasteiger partial charge in [0.05, 0.1) is 12.1 Å². The number of likely N-dealkylation sites (tertiary alicyclic amines) is 1. The van der Waals surface area contributed by atoms with Gasteiger partial charge in [0.15, 0.2) is 5.76 Å². The number of benzene rings is 1. The van der Waals surface area contributed by atoms with Crippen molar-refractivity contribution >= 4 is 5.91 Å². The Labute approximate surface area is 181 Å². The summed E-state index contributed by atoms with van der Waals surface area (Å²) in [5.74, 6) is 2.37. The summed E-state index contributed by atoms with van der Waals surface area (Å²) in [7, 11) is 0. The molecule has 1 saturated heterocycles. The van der Waals surface area contributed by atoms with Crippen LogP contribution in [0, 0.1) is 18.8 Å². The van der Waals surface area contributed by atoms with Crippen molar-refractivity contribution in [2.45, 2.75) is 38.5 Å². The van der Waals surface area contributed by atoms with Gasteiger partial charge in [-0.1, -0.05) is 18.2 Å². The second-order valence-corrected chi connectivity index (χ2v) is 8.65. The zero-order valence-corrected chi connectivity index (χ0v) is 17.6. The van der Waals surface area contributed by atoms with Gasteiger partial charge >= 0.3 is 0 Å². The molecule has 0 bridgehead atoms. The average molecular weight is 421 g/mol. The number of aryl methyl sites for hydroxylation is 1. The maximum atomic E-state index is 13.2. The van der Waals surface area contributed by atoms with E-state index in [1.54, 1.807) is 6.20 Å². The van der Waals surface area contributed by atoms with Crippen LogP contribution < -0.4 is 4.74 Å². The van der Waals surface area contributed by atoms with Gasteiger partial charge in [-0.05, 0) is 55.9 Å². The number of rotatable bonds is 5. The minimum Gasteiger partial charge on any atom is -0.486 e. The highest BCUT2D eigenvalue weighted by Gasteiger charge is 2.44. The molecule has 0 radical (unpaired) electrons. The molecule has 3 heterocycles. The Morgan fingerprint density at radius 3 is 2.71 bits per heavy atom. The smallest absolute Gasteiger partial charge is 0.289 e. The van der Waals surface area contributed by atoms with Gasteiger partial charge < -0.3 is 19.2 Å². The summed E-state index contributed by atoms with van der Waals surface area (Å²) < 4.78 is 13.5. The topological polar surface area (TPSA) is 80.7 Å². The standard InChI is InChI=1S/C24H27N3O4/c1-16-10-20(15-30-19-6-3-2-4-7-19)31-23(16)24(29)26-13-17-11-21(27-9-5-8-25-27)22(28)12-18(17)14-26/h2-10,17-18,21-22,28H,11-15H2,1H3/t17-,18+,21-,22-/m1/s1. The van der Waals surface area contributed by atoms with E-state index in [2.05, 4.69) is 5.10 Å². The fourth-order valence-electron chi connectivity index (χ4n) is 4.98. The Balaban J connectivity index is 1.24. The van der Waals surface area contributed by atoms with Crippen LogP contribution >= 0.6 is 0 Å². The zero-order chi connectivity index (χ0) is 21.4. The van der Waals surface area contributed by atoms with Crippen LogP contribution in [0.3, 0.4) is 0 Å². The number of aliphatic hydroxyl groups excluding tert-OH is 1. The van der Waals surface area contributed by atoms with E-state index in [1.165, 1.54) is 0 Å². The van der Waals surface area contributed by atoms with Gasteiger partial charge in [-0.15, -0.1) is 0 Å². The first kappa shape index (κ1) is 19.9. The molecule has 3 aromatic rings. The lowest BCUT2D eigenvalue weighted by Crippen LogP contribution is -2.36. The average Bonchev–Trinajstić information content (AvgIpc) is 3.51. The van der Waals surface area contributed by atoms with Crippen LogP contribution in [0.15, 0.2) is 59.3 Å². The van der Waals surface area contributed by atoms with Gasteiger partial charge in [-0.3, -0.25) is 9.48 Å². The SMILES string of the molecule is Cc1cc(COc2ccccc2)oc1C(=O)N1C[C@H]2C[C@@H](n3cccn3)[C@H](O)C[C@H]2C1. The second-order valence-electron chi connectivity index (χ2n) is 8.65. The number of furan rings is 1. The first-order valence-electron chi connectivity index (χ1n) is 10.8. The third kappa shape index (κ3) is 3.97. The van der Waals surface area contributed by atoms with Crippen molar-refractivity contribution in [3.8, 4) is 5.75 Å². The van der Waals surface area contributed by atoms with Gasteiger partial charge in [-0.2, -0.15) is 5.10 Å². The zero-order valence-electron chi connectivity index (χ0n) is 17.6. The number of nitrogens with zero attached hydrogens (tertiary/aromatic N) is 3. The van der Waals surface area contributed by atoms with Gasteiger partial charge in [0.1, 0.15) is 18.1 Å². The van der Waals surface area contributed by atoms with Crippen molar-refractivity contribution in [1.82, 2.24) is 14.7 Å². The van der Waals surface area contributed by atoms with Crippen molar-refractivity contribution in [2.24, 2.45) is 11.8 Å². The van der Waals surface area contributed by atoms with Gasteiger partial charge in [0, 0.05) is 31.0 Å². The molecule has 31 heavy (non-hydrogen) atoms. The van der Waals surface area contributed by atoms with Crippen LogP contribution in [0.1, 0.15) is 40.8 Å². The molecule has 5 rings (SSSR count). The minimum atomic E-state index is -0.441. The van der Waals surface area contributed by atoms with Crippen molar-refractivity contribution in [2.75, 3.05) is 13.1 Å². The molecule has 2 fully saturated rings.